The molecule has 28 heavy (non-hydrogen) atoms. The van der Waals surface area contributed by atoms with Crippen LogP contribution in [-0.4, -0.2) is 61.0 Å². The van der Waals surface area contributed by atoms with Crippen molar-refractivity contribution in [3.8, 4) is 11.5 Å². The molecule has 2 aromatic heterocycles. The van der Waals surface area contributed by atoms with Gasteiger partial charge in [0.05, 0.1) is 34.1 Å². The Hall–Kier alpha value is -3.49. The number of hydrogen-bond acceptors (Lipinski definition) is 8. The van der Waals surface area contributed by atoms with Gasteiger partial charge in [0.15, 0.2) is 17.3 Å². The maximum absolute atomic E-state index is 12.5. The van der Waals surface area contributed by atoms with Gasteiger partial charge in [-0.25, -0.2) is 4.98 Å². The van der Waals surface area contributed by atoms with Crippen LogP contribution in [-0.2, 0) is 0 Å². The van der Waals surface area contributed by atoms with Gasteiger partial charge in [0.1, 0.15) is 5.82 Å². The van der Waals surface area contributed by atoms with Gasteiger partial charge >= 0.3 is 0 Å². The molecule has 0 bridgehead atoms. The van der Waals surface area contributed by atoms with Crippen molar-refractivity contribution in [3.63, 3.8) is 0 Å². The van der Waals surface area contributed by atoms with Crippen LogP contribution in [0, 0.1) is 0 Å². The Balaban J connectivity index is 1.61. The van der Waals surface area contributed by atoms with Gasteiger partial charge in [-0.15, -0.1) is 0 Å². The van der Waals surface area contributed by atoms with Crippen molar-refractivity contribution in [1.82, 2.24) is 14.9 Å². The average molecular weight is 389 g/mol. The monoisotopic (exact) mass is 389 g/mol. The van der Waals surface area contributed by atoms with Crippen molar-refractivity contribution >= 4 is 28.6 Å². The number of carbonyl (C=O) groups is 1. The molecule has 1 aliphatic heterocycles. The van der Waals surface area contributed by atoms with Crippen LogP contribution in [0.15, 0.2) is 34.9 Å². The topological polar surface area (TPSA) is 107 Å². The van der Waals surface area contributed by atoms with Crippen LogP contribution >= 0.6 is 0 Å². The van der Waals surface area contributed by atoms with Gasteiger partial charge in [0.2, 0.25) is 5.95 Å². The Morgan fingerprint density at radius 3 is 2.61 bits per heavy atom. The van der Waals surface area contributed by atoms with E-state index in [2.05, 4.69) is 9.97 Å². The van der Waals surface area contributed by atoms with E-state index in [4.69, 9.17) is 27.8 Å². The van der Waals surface area contributed by atoms with Crippen LogP contribution in [0.5, 0.6) is 11.5 Å². The molecule has 9 nitrogen and oxygen atoms in total. The summed E-state index contributed by atoms with van der Waals surface area (Å²) < 4.78 is 59.1. The molecule has 0 radical (unpaired) electrons. The lowest BCUT2D eigenvalue weighted by Gasteiger charge is -2.34. The minimum Gasteiger partial charge on any atom is -0.493 e. The number of carbonyl (C=O) groups excluding carboxylic acids is 1. The van der Waals surface area contributed by atoms with E-state index in [0.717, 1.165) is 0 Å². The molecule has 0 unspecified atom stereocenters. The molecule has 0 aliphatic carbocycles. The second-order valence-electron chi connectivity index (χ2n) is 6.19. The molecule has 1 fully saturated rings. The van der Waals surface area contributed by atoms with E-state index < -0.39 is 14.1 Å². The fraction of sp³-hybridized carbons (Fsp3) is 0.316. The number of nitrogens with two attached hydrogens (primary N) is 1. The van der Waals surface area contributed by atoms with Crippen molar-refractivity contribution in [1.29, 1.82) is 0 Å². The predicted molar refractivity (Wildman–Crippen MR) is 104 cm³/mol. The Labute approximate surface area is 170 Å². The number of amides is 1. The largest absolute Gasteiger partial charge is 0.493 e. The quantitative estimate of drug-likeness (QED) is 0.720. The Bertz CT molecular complexity index is 1190. The van der Waals surface area contributed by atoms with Crippen LogP contribution in [0.2, 0.25) is 0 Å². The summed E-state index contributed by atoms with van der Waals surface area (Å²) in [5.41, 5.74) is 6.35. The number of benzene rings is 1. The number of aromatic nitrogens is 2. The number of rotatable bonds is 4. The highest BCUT2D eigenvalue weighted by atomic mass is 16.5. The molecular formula is C19H21N5O4. The minimum absolute atomic E-state index is 0.0462. The second kappa shape index (κ2) is 7.26. The lowest BCUT2D eigenvalue weighted by molar-refractivity contribution is 0.0714. The summed E-state index contributed by atoms with van der Waals surface area (Å²) in [6.45, 7) is 1.66. The number of anilines is 2. The smallest absolute Gasteiger partial charge is 0.289 e. The molecule has 2 N–H and O–H groups in total. The Kier molecular flexibility index (Phi) is 3.13. The van der Waals surface area contributed by atoms with Gasteiger partial charge in [0, 0.05) is 37.6 Å². The molecule has 1 saturated heterocycles. The molecule has 146 valence electrons. The fourth-order valence-electron chi connectivity index (χ4n) is 3.11. The highest BCUT2D eigenvalue weighted by Crippen LogP contribution is 2.34. The molecule has 0 atom stereocenters. The lowest BCUT2D eigenvalue weighted by Crippen LogP contribution is -2.49. The summed E-state index contributed by atoms with van der Waals surface area (Å²) in [6, 6.07) is 5.74. The molecule has 1 aliphatic rings. The zero-order chi connectivity index (χ0) is 24.7. The summed E-state index contributed by atoms with van der Waals surface area (Å²) in [5.74, 6) is -0.268. The summed E-state index contributed by atoms with van der Waals surface area (Å²) >= 11 is 0. The van der Waals surface area contributed by atoms with Gasteiger partial charge < -0.3 is 29.4 Å². The van der Waals surface area contributed by atoms with Crippen molar-refractivity contribution in [2.45, 2.75) is 0 Å². The summed E-state index contributed by atoms with van der Waals surface area (Å²) in [6.07, 6.45) is 1.44. The SMILES string of the molecule is [2H]C([2H])([2H])Oc1cc2nc(N3CCN(C(=O)c4ccco4)CC3)nc(N)c2cc1OC([2H])([2H])[2H]. The zero-order valence-corrected chi connectivity index (χ0v) is 14.7. The number of fused-ring (bicyclic) bond motifs is 1. The van der Waals surface area contributed by atoms with Crippen LogP contribution in [0.3, 0.4) is 0 Å². The van der Waals surface area contributed by atoms with Gasteiger partial charge in [-0.1, -0.05) is 0 Å². The number of nitrogens with zero attached hydrogens (tertiary/aromatic N) is 4. The normalized spacial score (nSPS) is 18.4. The van der Waals surface area contributed by atoms with Gasteiger partial charge in [-0.05, 0) is 18.2 Å². The second-order valence-corrected chi connectivity index (χ2v) is 6.19. The summed E-state index contributed by atoms with van der Waals surface area (Å²) in [4.78, 5) is 24.7. The molecule has 3 heterocycles. The first-order valence-electron chi connectivity index (χ1n) is 11.5. The van der Waals surface area contributed by atoms with Crippen molar-refractivity contribution in [2.75, 3.05) is 50.9 Å². The summed E-state index contributed by atoms with van der Waals surface area (Å²) in [5, 5.41) is 0.271. The number of hydrogen-bond donors (Lipinski definition) is 1. The maximum atomic E-state index is 12.5. The van der Waals surface area contributed by atoms with Crippen molar-refractivity contribution in [2.24, 2.45) is 0 Å². The van der Waals surface area contributed by atoms with E-state index in [9.17, 15) is 4.79 Å². The fourth-order valence-corrected chi connectivity index (χ4v) is 3.11. The highest BCUT2D eigenvalue weighted by Gasteiger charge is 2.25. The van der Waals surface area contributed by atoms with Gasteiger partial charge in [-0.3, -0.25) is 4.79 Å². The van der Waals surface area contributed by atoms with Crippen LogP contribution in [0.4, 0.5) is 11.8 Å². The molecular weight excluding hydrogens is 362 g/mol. The van der Waals surface area contributed by atoms with Gasteiger partial charge in [0.25, 0.3) is 5.91 Å². The molecule has 0 saturated carbocycles. The standard InChI is InChI=1S/C19H21N5O4/c1-26-15-10-12-13(11-16(15)27-2)21-19(22-17(12)20)24-7-5-23(6-8-24)18(25)14-4-3-9-28-14/h3-4,9-11H,5-8H2,1-2H3,(H2,20,21,22)/i1D3,2D3. The number of furan rings is 1. The zero-order valence-electron chi connectivity index (χ0n) is 20.7. The van der Waals surface area contributed by atoms with Crippen LogP contribution < -0.4 is 20.1 Å². The van der Waals surface area contributed by atoms with E-state index in [1.54, 1.807) is 17.0 Å². The van der Waals surface area contributed by atoms with Crippen LogP contribution in [0.1, 0.15) is 18.8 Å². The first-order chi connectivity index (χ1) is 15.9. The third-order valence-corrected chi connectivity index (χ3v) is 4.58. The third kappa shape index (κ3) is 3.15. The predicted octanol–water partition coefficient (Wildman–Crippen LogP) is 1.78. The Morgan fingerprint density at radius 2 is 1.93 bits per heavy atom. The van der Waals surface area contributed by atoms with Crippen molar-refractivity contribution < 1.29 is 26.9 Å². The highest BCUT2D eigenvalue weighted by molar-refractivity contribution is 5.92. The Morgan fingerprint density at radius 1 is 1.18 bits per heavy atom. The van der Waals surface area contributed by atoms with E-state index in [1.165, 1.54) is 18.4 Å². The number of piperazine rings is 1. The maximum Gasteiger partial charge on any atom is 0.289 e. The molecule has 3 aromatic rings. The first-order valence-corrected chi connectivity index (χ1v) is 8.47. The average Bonchev–Trinajstić information content (AvgIpc) is 3.27. The number of methoxy groups -OCH3 is 2. The third-order valence-electron chi connectivity index (χ3n) is 4.58. The van der Waals surface area contributed by atoms with Gasteiger partial charge in [-0.2, -0.15) is 4.98 Å². The van der Waals surface area contributed by atoms with E-state index in [1.807, 2.05) is 4.90 Å². The van der Waals surface area contributed by atoms with Crippen LogP contribution in [0.25, 0.3) is 10.9 Å². The first kappa shape index (κ1) is 12.1. The molecule has 9 heteroatoms. The number of ether oxygens (including phenoxy) is 2. The molecule has 0 spiro atoms. The van der Waals surface area contributed by atoms with E-state index in [-0.39, 0.29) is 45.8 Å². The van der Waals surface area contributed by atoms with Crippen molar-refractivity contribution in [3.05, 3.63) is 36.3 Å². The summed E-state index contributed by atoms with van der Waals surface area (Å²) in [7, 11) is -5.69. The molecule has 1 amide bonds. The lowest BCUT2D eigenvalue weighted by atomic mass is 10.2. The minimum atomic E-state index is -2.85. The van der Waals surface area contributed by atoms with E-state index >= 15 is 0 Å². The number of nitrogen functional groups attached to an aromatic ring is 1. The molecule has 4 rings (SSSR count). The molecule has 1 aromatic carbocycles. The van der Waals surface area contributed by atoms with E-state index in [0.29, 0.717) is 26.2 Å².